The quantitative estimate of drug-likeness (QED) is 0.370. The number of carbonyl (C=O) groups excluding carboxylic acids is 2. The van der Waals surface area contributed by atoms with Crippen molar-refractivity contribution in [2.45, 2.75) is 45.1 Å². The highest BCUT2D eigenvalue weighted by molar-refractivity contribution is 7.92. The summed E-state index contributed by atoms with van der Waals surface area (Å²) in [6.07, 6.45) is 0.518. The molecule has 1 N–H and O–H groups in total. The van der Waals surface area contributed by atoms with Gasteiger partial charge in [0.15, 0.2) is 0 Å². The number of sulfonamides is 1. The third kappa shape index (κ3) is 7.14. The Bertz CT molecular complexity index is 1360. The molecule has 3 aromatic carbocycles. The lowest BCUT2D eigenvalue weighted by atomic mass is 10.1. The topological polar surface area (TPSA) is 86.8 Å². The monoisotopic (exact) mass is 555 g/mol. The highest BCUT2D eigenvalue weighted by Gasteiger charge is 2.32. The van der Waals surface area contributed by atoms with Crippen LogP contribution in [0.15, 0.2) is 77.7 Å². The van der Waals surface area contributed by atoms with Crippen molar-refractivity contribution in [3.63, 3.8) is 0 Å². The van der Waals surface area contributed by atoms with Crippen LogP contribution in [-0.2, 0) is 26.0 Å². The number of amides is 2. The molecule has 0 saturated heterocycles. The number of hydrogen-bond acceptors (Lipinski definition) is 4. The van der Waals surface area contributed by atoms with Gasteiger partial charge in [0, 0.05) is 18.1 Å². The number of likely N-dealkylation sites (N-methyl/N-ethyl adjacent to an activating group) is 1. The van der Waals surface area contributed by atoms with Gasteiger partial charge in [-0.15, -0.1) is 0 Å². The zero-order chi connectivity index (χ0) is 27.9. The summed E-state index contributed by atoms with van der Waals surface area (Å²) in [6.45, 7) is 7.49. The fourth-order valence-corrected chi connectivity index (χ4v) is 5.57. The average Bonchev–Trinajstić information content (AvgIpc) is 2.90. The molecule has 0 heterocycles. The molecule has 0 aliphatic carbocycles. The number of benzene rings is 3. The van der Waals surface area contributed by atoms with E-state index in [1.165, 1.54) is 29.2 Å². The number of nitrogens with zero attached hydrogens (tertiary/aromatic N) is 2. The first-order valence-electron chi connectivity index (χ1n) is 12.5. The van der Waals surface area contributed by atoms with Crippen LogP contribution in [0, 0.1) is 13.8 Å². The Morgan fingerprint density at radius 1 is 0.947 bits per heavy atom. The van der Waals surface area contributed by atoms with Crippen molar-refractivity contribution < 1.29 is 18.0 Å². The molecule has 0 saturated carbocycles. The molecule has 3 rings (SSSR count). The summed E-state index contributed by atoms with van der Waals surface area (Å²) in [4.78, 5) is 28.0. The second-order valence-corrected chi connectivity index (χ2v) is 11.4. The van der Waals surface area contributed by atoms with Crippen molar-refractivity contribution in [2.24, 2.45) is 0 Å². The van der Waals surface area contributed by atoms with Crippen LogP contribution < -0.4 is 9.62 Å². The van der Waals surface area contributed by atoms with E-state index >= 15 is 0 Å². The summed E-state index contributed by atoms with van der Waals surface area (Å²) >= 11 is 5.99. The number of aryl methyl sites for hydroxylation is 2. The molecule has 0 aromatic heterocycles. The molecule has 0 aliphatic heterocycles. The van der Waals surface area contributed by atoms with Crippen LogP contribution in [0.1, 0.15) is 30.5 Å². The molecule has 0 aliphatic rings. The number of carbonyl (C=O) groups is 2. The highest BCUT2D eigenvalue weighted by atomic mass is 35.5. The van der Waals surface area contributed by atoms with Gasteiger partial charge in [-0.25, -0.2) is 8.42 Å². The normalized spacial score (nSPS) is 12.0. The van der Waals surface area contributed by atoms with Gasteiger partial charge in [0.2, 0.25) is 11.8 Å². The number of anilines is 1. The van der Waals surface area contributed by atoms with E-state index < -0.39 is 28.5 Å². The maximum absolute atomic E-state index is 13.8. The minimum atomic E-state index is -4.13. The van der Waals surface area contributed by atoms with Gasteiger partial charge in [0.1, 0.15) is 12.6 Å². The molecule has 0 radical (unpaired) electrons. The Morgan fingerprint density at radius 3 is 2.21 bits per heavy atom. The molecule has 0 fully saturated rings. The van der Waals surface area contributed by atoms with E-state index in [2.05, 4.69) is 5.32 Å². The SMILES string of the molecule is CCNC(=O)C(C)N(CCc1ccccc1)C(=O)CN(c1ccc(C)c(C)c1)S(=O)(=O)c1ccc(Cl)cc1. The molecule has 1 unspecified atom stereocenters. The third-order valence-electron chi connectivity index (χ3n) is 6.46. The van der Waals surface area contributed by atoms with Crippen molar-refractivity contribution in [1.82, 2.24) is 10.2 Å². The van der Waals surface area contributed by atoms with Gasteiger partial charge in [0.25, 0.3) is 10.0 Å². The average molecular weight is 556 g/mol. The van der Waals surface area contributed by atoms with Crippen LogP contribution in [0.5, 0.6) is 0 Å². The molecule has 1 atom stereocenters. The second-order valence-electron chi connectivity index (χ2n) is 9.13. The molecular formula is C29H34ClN3O4S. The van der Waals surface area contributed by atoms with Crippen molar-refractivity contribution >= 4 is 39.1 Å². The van der Waals surface area contributed by atoms with Crippen LogP contribution >= 0.6 is 11.6 Å². The Labute approximate surface area is 230 Å². The Morgan fingerprint density at radius 2 is 1.61 bits per heavy atom. The minimum Gasteiger partial charge on any atom is -0.355 e. The van der Waals surface area contributed by atoms with Gasteiger partial charge in [-0.3, -0.25) is 13.9 Å². The van der Waals surface area contributed by atoms with E-state index in [9.17, 15) is 18.0 Å². The fraction of sp³-hybridized carbons (Fsp3) is 0.310. The first-order valence-corrected chi connectivity index (χ1v) is 14.3. The maximum atomic E-state index is 13.8. The van der Waals surface area contributed by atoms with E-state index in [1.807, 2.05) is 50.2 Å². The van der Waals surface area contributed by atoms with Crippen LogP contribution in [-0.4, -0.2) is 50.8 Å². The largest absolute Gasteiger partial charge is 0.355 e. The first-order chi connectivity index (χ1) is 18.0. The predicted octanol–water partition coefficient (Wildman–Crippen LogP) is 4.75. The smallest absolute Gasteiger partial charge is 0.264 e. The van der Waals surface area contributed by atoms with Gasteiger partial charge in [-0.05, 0) is 87.2 Å². The summed E-state index contributed by atoms with van der Waals surface area (Å²) in [7, 11) is -4.13. The summed E-state index contributed by atoms with van der Waals surface area (Å²) in [5.74, 6) is -0.775. The Balaban J connectivity index is 2.00. The van der Waals surface area contributed by atoms with Crippen LogP contribution in [0.25, 0.3) is 0 Å². The standard InChI is InChI=1S/C29H34ClN3O4S/c1-5-31-29(35)23(4)32(18-17-24-9-7-6-8-10-24)28(34)20-33(26-14-11-21(2)22(3)19-26)38(36,37)27-15-12-25(30)13-16-27/h6-16,19,23H,5,17-18,20H2,1-4H3,(H,31,35). The summed E-state index contributed by atoms with van der Waals surface area (Å²) in [5, 5.41) is 3.17. The van der Waals surface area contributed by atoms with Gasteiger partial charge in [-0.2, -0.15) is 0 Å². The van der Waals surface area contributed by atoms with Crippen LogP contribution in [0.4, 0.5) is 5.69 Å². The Hall–Kier alpha value is -3.36. The minimum absolute atomic E-state index is 0.0144. The van der Waals surface area contributed by atoms with E-state index in [4.69, 9.17) is 11.6 Å². The molecule has 0 spiro atoms. The number of rotatable bonds is 11. The molecular weight excluding hydrogens is 522 g/mol. The van der Waals surface area contributed by atoms with Crippen LogP contribution in [0.3, 0.4) is 0 Å². The zero-order valence-electron chi connectivity index (χ0n) is 22.1. The number of hydrogen-bond donors (Lipinski definition) is 1. The lowest BCUT2D eigenvalue weighted by Crippen LogP contribution is -2.52. The van der Waals surface area contributed by atoms with Crippen molar-refractivity contribution in [3.05, 3.63) is 94.5 Å². The van der Waals surface area contributed by atoms with E-state index in [0.29, 0.717) is 23.7 Å². The molecule has 9 heteroatoms. The van der Waals surface area contributed by atoms with Crippen molar-refractivity contribution in [2.75, 3.05) is 23.9 Å². The van der Waals surface area contributed by atoms with E-state index in [-0.39, 0.29) is 17.3 Å². The lowest BCUT2D eigenvalue weighted by molar-refractivity contribution is -0.138. The molecule has 0 bridgehead atoms. The molecule has 202 valence electrons. The molecule has 3 aromatic rings. The van der Waals surface area contributed by atoms with Gasteiger partial charge < -0.3 is 10.2 Å². The maximum Gasteiger partial charge on any atom is 0.264 e. The first kappa shape index (κ1) is 29.2. The van der Waals surface area contributed by atoms with Crippen molar-refractivity contribution in [1.29, 1.82) is 0 Å². The lowest BCUT2D eigenvalue weighted by Gasteiger charge is -2.32. The van der Waals surface area contributed by atoms with Gasteiger partial charge >= 0.3 is 0 Å². The number of nitrogens with one attached hydrogen (secondary N) is 1. The number of halogens is 1. The van der Waals surface area contributed by atoms with Gasteiger partial charge in [0.05, 0.1) is 10.6 Å². The third-order valence-corrected chi connectivity index (χ3v) is 8.50. The Kier molecular flexibility index (Phi) is 9.94. The second kappa shape index (κ2) is 12.9. The summed E-state index contributed by atoms with van der Waals surface area (Å²) in [5.41, 5.74) is 3.26. The van der Waals surface area contributed by atoms with Crippen LogP contribution in [0.2, 0.25) is 5.02 Å². The van der Waals surface area contributed by atoms with E-state index in [1.54, 1.807) is 26.0 Å². The fourth-order valence-electron chi connectivity index (χ4n) is 4.04. The summed E-state index contributed by atoms with van der Waals surface area (Å²) in [6, 6.07) is 19.9. The molecule has 7 nitrogen and oxygen atoms in total. The summed E-state index contributed by atoms with van der Waals surface area (Å²) < 4.78 is 28.7. The zero-order valence-corrected chi connectivity index (χ0v) is 23.7. The predicted molar refractivity (Wildman–Crippen MR) is 152 cm³/mol. The van der Waals surface area contributed by atoms with Crippen molar-refractivity contribution in [3.8, 4) is 0 Å². The highest BCUT2D eigenvalue weighted by Crippen LogP contribution is 2.27. The van der Waals surface area contributed by atoms with E-state index in [0.717, 1.165) is 21.0 Å². The molecule has 38 heavy (non-hydrogen) atoms. The molecule has 2 amide bonds. The van der Waals surface area contributed by atoms with Gasteiger partial charge in [-0.1, -0.05) is 48.0 Å².